The summed E-state index contributed by atoms with van der Waals surface area (Å²) in [5, 5.41) is 0. The lowest BCUT2D eigenvalue weighted by Gasteiger charge is -2.02. The van der Waals surface area contributed by atoms with Crippen molar-refractivity contribution in [2.45, 2.75) is 0 Å². The number of aromatic nitrogens is 1. The zero-order valence-electron chi connectivity index (χ0n) is 7.14. The maximum absolute atomic E-state index is 5.31. The molecule has 0 radical (unpaired) electrons. The normalized spacial score (nSPS) is 9.46. The van der Waals surface area contributed by atoms with Gasteiger partial charge in [-0.05, 0) is 30.3 Å². The fraction of sp³-hybridized carbons (Fsp3) is 0. The highest BCUT2D eigenvalue weighted by molar-refractivity contribution is 5.42. The summed E-state index contributed by atoms with van der Waals surface area (Å²) in [5.74, 6) is 2.62. The van der Waals surface area contributed by atoms with Gasteiger partial charge in [0.25, 0.3) is 0 Å². The largest absolute Gasteiger partial charge is 0.324 e. The molecular formula is C12H9N. The Bertz CT molecular complexity index is 432. The molecule has 0 saturated carbocycles. The smallest absolute Gasteiger partial charge is 0.0461 e. The van der Waals surface area contributed by atoms with Gasteiger partial charge in [-0.15, -0.1) is 6.42 Å². The summed E-state index contributed by atoms with van der Waals surface area (Å²) in [6, 6.07) is 11.9. The number of hydrogen-bond donors (Lipinski definition) is 0. The van der Waals surface area contributed by atoms with Crippen molar-refractivity contribution in [3.8, 4) is 18.0 Å². The third-order valence-corrected chi connectivity index (χ3v) is 1.92. The SMILES string of the molecule is C#Cc1cccc(-n2cccc2)c1. The second-order valence-corrected chi connectivity index (χ2v) is 2.78. The van der Waals surface area contributed by atoms with E-state index >= 15 is 0 Å². The van der Waals surface area contributed by atoms with Crippen LogP contribution in [0.4, 0.5) is 0 Å². The minimum Gasteiger partial charge on any atom is -0.324 e. The topological polar surface area (TPSA) is 4.93 Å². The van der Waals surface area contributed by atoms with Gasteiger partial charge in [-0.25, -0.2) is 0 Å². The predicted molar refractivity (Wildman–Crippen MR) is 53.7 cm³/mol. The van der Waals surface area contributed by atoms with E-state index in [-0.39, 0.29) is 0 Å². The molecule has 0 bridgehead atoms. The van der Waals surface area contributed by atoms with Crippen molar-refractivity contribution in [3.63, 3.8) is 0 Å². The van der Waals surface area contributed by atoms with Crippen molar-refractivity contribution in [2.24, 2.45) is 0 Å². The third-order valence-electron chi connectivity index (χ3n) is 1.92. The van der Waals surface area contributed by atoms with Crippen molar-refractivity contribution in [3.05, 3.63) is 54.4 Å². The zero-order valence-corrected chi connectivity index (χ0v) is 7.14. The van der Waals surface area contributed by atoms with Gasteiger partial charge in [-0.2, -0.15) is 0 Å². The van der Waals surface area contributed by atoms with Crippen molar-refractivity contribution in [2.75, 3.05) is 0 Å². The van der Waals surface area contributed by atoms with Gasteiger partial charge >= 0.3 is 0 Å². The number of rotatable bonds is 1. The molecule has 0 aliphatic rings. The fourth-order valence-corrected chi connectivity index (χ4v) is 1.26. The number of nitrogens with zero attached hydrogens (tertiary/aromatic N) is 1. The van der Waals surface area contributed by atoms with E-state index in [4.69, 9.17) is 6.42 Å². The summed E-state index contributed by atoms with van der Waals surface area (Å²) in [7, 11) is 0. The molecular weight excluding hydrogens is 158 g/mol. The van der Waals surface area contributed by atoms with Crippen LogP contribution in [0, 0.1) is 12.3 Å². The van der Waals surface area contributed by atoms with Crippen molar-refractivity contribution in [1.29, 1.82) is 0 Å². The molecule has 1 heteroatoms. The molecule has 0 unspecified atom stereocenters. The van der Waals surface area contributed by atoms with Crippen molar-refractivity contribution >= 4 is 0 Å². The average molecular weight is 167 g/mol. The highest BCUT2D eigenvalue weighted by atomic mass is 14.9. The van der Waals surface area contributed by atoms with Crippen LogP contribution in [0.3, 0.4) is 0 Å². The number of terminal acetylenes is 1. The third kappa shape index (κ3) is 1.47. The van der Waals surface area contributed by atoms with Gasteiger partial charge in [0, 0.05) is 23.6 Å². The van der Waals surface area contributed by atoms with E-state index in [1.54, 1.807) is 0 Å². The van der Waals surface area contributed by atoms with Crippen LogP contribution in [-0.2, 0) is 0 Å². The summed E-state index contributed by atoms with van der Waals surface area (Å²) in [5.41, 5.74) is 2.01. The van der Waals surface area contributed by atoms with Gasteiger partial charge in [-0.3, -0.25) is 0 Å². The molecule has 0 amide bonds. The Morgan fingerprint density at radius 3 is 2.54 bits per heavy atom. The Kier molecular flexibility index (Phi) is 1.90. The van der Waals surface area contributed by atoms with Gasteiger partial charge in [0.2, 0.25) is 0 Å². The summed E-state index contributed by atoms with van der Waals surface area (Å²) in [6.07, 6.45) is 9.30. The van der Waals surface area contributed by atoms with E-state index in [0.29, 0.717) is 0 Å². The van der Waals surface area contributed by atoms with Crippen LogP contribution in [0.1, 0.15) is 5.56 Å². The minimum atomic E-state index is 0.909. The Morgan fingerprint density at radius 1 is 1.08 bits per heavy atom. The molecule has 0 N–H and O–H groups in total. The van der Waals surface area contributed by atoms with Crippen LogP contribution in [0.25, 0.3) is 5.69 Å². The molecule has 1 nitrogen and oxygen atoms in total. The van der Waals surface area contributed by atoms with Gasteiger partial charge in [0.15, 0.2) is 0 Å². The molecule has 0 aliphatic carbocycles. The van der Waals surface area contributed by atoms with Gasteiger partial charge in [0.1, 0.15) is 0 Å². The monoisotopic (exact) mass is 167 g/mol. The van der Waals surface area contributed by atoms with Crippen LogP contribution < -0.4 is 0 Å². The average Bonchev–Trinajstić information content (AvgIpc) is 2.71. The van der Waals surface area contributed by atoms with E-state index in [9.17, 15) is 0 Å². The highest BCUT2D eigenvalue weighted by Gasteiger charge is 1.93. The van der Waals surface area contributed by atoms with E-state index in [0.717, 1.165) is 11.3 Å². The Hall–Kier alpha value is -1.94. The van der Waals surface area contributed by atoms with E-state index in [2.05, 4.69) is 5.92 Å². The van der Waals surface area contributed by atoms with Crippen LogP contribution in [0.15, 0.2) is 48.8 Å². The summed E-state index contributed by atoms with van der Waals surface area (Å²) in [4.78, 5) is 0. The molecule has 1 aromatic heterocycles. The first kappa shape index (κ1) is 7.70. The predicted octanol–water partition coefficient (Wildman–Crippen LogP) is 2.46. The molecule has 62 valence electrons. The van der Waals surface area contributed by atoms with Crippen molar-refractivity contribution < 1.29 is 0 Å². The number of hydrogen-bond acceptors (Lipinski definition) is 0. The summed E-state index contributed by atoms with van der Waals surface area (Å²) >= 11 is 0. The Morgan fingerprint density at radius 2 is 1.85 bits per heavy atom. The second kappa shape index (κ2) is 3.20. The van der Waals surface area contributed by atoms with E-state index < -0.39 is 0 Å². The molecule has 0 fully saturated rings. The standard InChI is InChI=1S/C12H9N/c1-2-11-6-5-7-12(10-11)13-8-3-4-9-13/h1,3-10H. The van der Waals surface area contributed by atoms with Gasteiger partial charge in [-0.1, -0.05) is 12.0 Å². The quantitative estimate of drug-likeness (QED) is 0.575. The molecule has 1 heterocycles. The van der Waals surface area contributed by atoms with Crippen LogP contribution >= 0.6 is 0 Å². The summed E-state index contributed by atoms with van der Waals surface area (Å²) in [6.45, 7) is 0. The lowest BCUT2D eigenvalue weighted by molar-refractivity contribution is 1.08. The molecule has 2 aromatic rings. The lowest BCUT2D eigenvalue weighted by atomic mass is 10.2. The lowest BCUT2D eigenvalue weighted by Crippen LogP contribution is -1.89. The Balaban J connectivity index is 2.49. The zero-order chi connectivity index (χ0) is 9.10. The van der Waals surface area contributed by atoms with E-state index in [1.165, 1.54) is 0 Å². The first-order valence-electron chi connectivity index (χ1n) is 4.10. The van der Waals surface area contributed by atoms with Crippen LogP contribution in [0.2, 0.25) is 0 Å². The molecule has 2 rings (SSSR count). The summed E-state index contributed by atoms with van der Waals surface area (Å²) < 4.78 is 2.03. The van der Waals surface area contributed by atoms with Crippen LogP contribution in [-0.4, -0.2) is 4.57 Å². The second-order valence-electron chi connectivity index (χ2n) is 2.78. The maximum Gasteiger partial charge on any atom is 0.0461 e. The molecule has 0 aliphatic heterocycles. The van der Waals surface area contributed by atoms with Gasteiger partial charge < -0.3 is 4.57 Å². The number of benzene rings is 1. The first-order chi connectivity index (χ1) is 6.40. The molecule has 0 saturated heterocycles. The van der Waals surface area contributed by atoms with E-state index in [1.807, 2.05) is 53.4 Å². The minimum absolute atomic E-state index is 0.909. The molecule has 0 spiro atoms. The van der Waals surface area contributed by atoms with Crippen LogP contribution in [0.5, 0.6) is 0 Å². The highest BCUT2D eigenvalue weighted by Crippen LogP contribution is 2.09. The maximum atomic E-state index is 5.31. The molecule has 0 atom stereocenters. The molecule has 13 heavy (non-hydrogen) atoms. The van der Waals surface area contributed by atoms with Crippen molar-refractivity contribution in [1.82, 2.24) is 4.57 Å². The Labute approximate surface area is 77.6 Å². The fourth-order valence-electron chi connectivity index (χ4n) is 1.26. The molecule has 1 aromatic carbocycles. The first-order valence-corrected chi connectivity index (χ1v) is 4.10. The van der Waals surface area contributed by atoms with Gasteiger partial charge in [0.05, 0.1) is 0 Å².